The molecule has 3 amide bonds. The fraction of sp³-hybridized carbons (Fsp3) is 0.385. The summed E-state index contributed by atoms with van der Waals surface area (Å²) in [5, 5.41) is 12.7. The molecule has 0 saturated carbocycles. The fourth-order valence-corrected chi connectivity index (χ4v) is 5.02. The summed E-state index contributed by atoms with van der Waals surface area (Å²) in [5.41, 5.74) is 0.268. The maximum atomic E-state index is 13.8. The van der Waals surface area contributed by atoms with E-state index in [9.17, 15) is 28.4 Å². The van der Waals surface area contributed by atoms with Crippen molar-refractivity contribution < 1.29 is 23.2 Å². The van der Waals surface area contributed by atoms with Crippen LogP contribution in [0.5, 0.6) is 0 Å². The summed E-state index contributed by atoms with van der Waals surface area (Å²) in [4.78, 5) is 42.5. The summed E-state index contributed by atoms with van der Waals surface area (Å²) in [7, 11) is 1.43. The van der Waals surface area contributed by atoms with E-state index in [1.807, 2.05) is 26.0 Å². The molecule has 0 radical (unpaired) electrons. The second-order valence-electron chi connectivity index (χ2n) is 9.59. The molecule has 7 nitrogen and oxygen atoms in total. The smallest absolute Gasteiger partial charge is 0.254 e. The molecule has 1 fully saturated rings. The number of halogens is 2. The Hall–Kier alpha value is -3.80. The lowest BCUT2D eigenvalue weighted by Crippen LogP contribution is -2.52. The number of para-hydroxylation sites is 1. The zero-order chi connectivity index (χ0) is 25.5. The van der Waals surface area contributed by atoms with Crippen LogP contribution in [0.1, 0.15) is 42.6 Å². The van der Waals surface area contributed by atoms with Crippen molar-refractivity contribution in [2.24, 2.45) is 5.92 Å². The fourth-order valence-electron chi connectivity index (χ4n) is 5.02. The lowest BCUT2D eigenvalue weighted by Gasteiger charge is -2.33. The lowest BCUT2D eigenvalue weighted by molar-refractivity contribution is -0.136. The molecule has 35 heavy (non-hydrogen) atoms. The normalized spacial score (nSPS) is 21.6. The molecule has 0 bridgehead atoms. The van der Waals surface area contributed by atoms with Gasteiger partial charge in [-0.2, -0.15) is 5.26 Å². The standard InChI is InChI=1S/C26H26F2N4O3/c1-15(2)10-22(31(3)23(33)16-8-9-19(27)20(28)11-16)24(34)32-14-26(12-17(32)13-29)18-6-4-5-7-21(18)30-25(26)35/h4-9,11,15,17,22H,10,12,14H2,1-3H3,(H,30,35)/t17-,22?,26-/m0/s1. The van der Waals surface area contributed by atoms with E-state index in [4.69, 9.17) is 0 Å². The van der Waals surface area contributed by atoms with E-state index in [2.05, 4.69) is 11.4 Å². The van der Waals surface area contributed by atoms with E-state index in [-0.39, 0.29) is 36.8 Å². The van der Waals surface area contributed by atoms with Crippen LogP contribution >= 0.6 is 0 Å². The first kappa shape index (κ1) is 24.3. The Morgan fingerprint density at radius 3 is 2.60 bits per heavy atom. The van der Waals surface area contributed by atoms with E-state index in [1.54, 1.807) is 12.1 Å². The van der Waals surface area contributed by atoms with Crippen LogP contribution in [0.2, 0.25) is 0 Å². The van der Waals surface area contributed by atoms with Gasteiger partial charge in [0.2, 0.25) is 11.8 Å². The Morgan fingerprint density at radius 1 is 1.23 bits per heavy atom. The monoisotopic (exact) mass is 480 g/mol. The maximum Gasteiger partial charge on any atom is 0.254 e. The largest absolute Gasteiger partial charge is 0.330 e. The van der Waals surface area contributed by atoms with Crippen molar-refractivity contribution in [2.75, 3.05) is 18.9 Å². The second kappa shape index (κ2) is 9.10. The highest BCUT2D eigenvalue weighted by Gasteiger charge is 2.56. The number of nitrogens with zero attached hydrogens (tertiary/aromatic N) is 3. The number of carbonyl (C=O) groups is 3. The highest BCUT2D eigenvalue weighted by Crippen LogP contribution is 2.46. The Labute approximate surface area is 202 Å². The number of hydrogen-bond donors (Lipinski definition) is 1. The van der Waals surface area contributed by atoms with Crippen molar-refractivity contribution in [3.05, 3.63) is 65.2 Å². The van der Waals surface area contributed by atoms with E-state index in [0.29, 0.717) is 5.69 Å². The van der Waals surface area contributed by atoms with E-state index in [0.717, 1.165) is 23.8 Å². The van der Waals surface area contributed by atoms with Gasteiger partial charge in [-0.25, -0.2) is 8.78 Å². The van der Waals surface area contributed by atoms with Crippen molar-refractivity contribution in [1.82, 2.24) is 9.80 Å². The summed E-state index contributed by atoms with van der Waals surface area (Å²) < 4.78 is 27.1. The molecule has 182 valence electrons. The summed E-state index contributed by atoms with van der Waals surface area (Å²) in [5.74, 6) is -3.59. The first-order valence-electron chi connectivity index (χ1n) is 11.4. The van der Waals surface area contributed by atoms with Gasteiger partial charge in [-0.05, 0) is 42.2 Å². The van der Waals surface area contributed by atoms with Crippen LogP contribution in [0.25, 0.3) is 0 Å². The number of likely N-dealkylation sites (tertiary alicyclic amines) is 1. The molecule has 4 rings (SSSR count). The zero-order valence-corrected chi connectivity index (χ0v) is 19.7. The van der Waals surface area contributed by atoms with Crippen LogP contribution in [0.3, 0.4) is 0 Å². The summed E-state index contributed by atoms with van der Waals surface area (Å²) in [6.45, 7) is 3.79. The van der Waals surface area contributed by atoms with Gasteiger partial charge < -0.3 is 15.1 Å². The molecule has 1 N–H and O–H groups in total. The van der Waals surface area contributed by atoms with Crippen molar-refractivity contribution in [2.45, 2.75) is 44.2 Å². The Balaban J connectivity index is 1.66. The van der Waals surface area contributed by atoms with Crippen LogP contribution in [0, 0.1) is 28.9 Å². The van der Waals surface area contributed by atoms with Crippen molar-refractivity contribution in [3.63, 3.8) is 0 Å². The Kier molecular flexibility index (Phi) is 6.32. The summed E-state index contributed by atoms with van der Waals surface area (Å²) >= 11 is 0. The van der Waals surface area contributed by atoms with Gasteiger partial charge >= 0.3 is 0 Å². The molecule has 2 aromatic carbocycles. The van der Waals surface area contributed by atoms with E-state index in [1.165, 1.54) is 16.8 Å². The number of fused-ring (bicyclic) bond motifs is 2. The number of benzene rings is 2. The van der Waals surface area contributed by atoms with Gasteiger partial charge in [-0.1, -0.05) is 32.0 Å². The molecule has 2 aromatic rings. The number of nitriles is 1. The molecular weight excluding hydrogens is 454 g/mol. The molecule has 1 spiro atoms. The number of amides is 3. The molecule has 0 aromatic heterocycles. The first-order chi connectivity index (χ1) is 16.6. The molecule has 2 aliphatic heterocycles. The third kappa shape index (κ3) is 4.14. The summed E-state index contributed by atoms with van der Waals surface area (Å²) in [6, 6.07) is 10.4. The lowest BCUT2D eigenvalue weighted by atomic mass is 9.80. The molecule has 3 atom stereocenters. The number of carbonyl (C=O) groups excluding carboxylic acids is 3. The van der Waals surface area contributed by atoms with Gasteiger partial charge in [0.05, 0.1) is 11.5 Å². The Morgan fingerprint density at radius 2 is 1.94 bits per heavy atom. The molecule has 2 aliphatic rings. The third-order valence-corrected chi connectivity index (χ3v) is 6.85. The number of likely N-dealkylation sites (N-methyl/N-ethyl adjacent to an activating group) is 1. The third-order valence-electron chi connectivity index (χ3n) is 6.85. The molecule has 1 saturated heterocycles. The number of hydrogen-bond acceptors (Lipinski definition) is 4. The van der Waals surface area contributed by atoms with Crippen molar-refractivity contribution in [3.8, 4) is 6.07 Å². The molecule has 2 heterocycles. The van der Waals surface area contributed by atoms with Gasteiger partial charge in [-0.3, -0.25) is 14.4 Å². The molecule has 0 aliphatic carbocycles. The first-order valence-corrected chi connectivity index (χ1v) is 11.4. The predicted octanol–water partition coefficient (Wildman–Crippen LogP) is 3.47. The molecule has 9 heteroatoms. The van der Waals surface area contributed by atoms with Gasteiger partial charge in [-0.15, -0.1) is 0 Å². The quantitative estimate of drug-likeness (QED) is 0.709. The van der Waals surface area contributed by atoms with Gasteiger partial charge in [0.1, 0.15) is 12.1 Å². The topological polar surface area (TPSA) is 93.5 Å². The molecule has 1 unspecified atom stereocenters. The summed E-state index contributed by atoms with van der Waals surface area (Å²) in [6.07, 6.45) is 0.433. The Bertz CT molecular complexity index is 1240. The van der Waals surface area contributed by atoms with Crippen LogP contribution in [0.4, 0.5) is 14.5 Å². The average Bonchev–Trinajstić information content (AvgIpc) is 3.36. The highest BCUT2D eigenvalue weighted by atomic mass is 19.2. The van der Waals surface area contributed by atoms with Crippen LogP contribution in [-0.4, -0.2) is 53.2 Å². The highest BCUT2D eigenvalue weighted by molar-refractivity contribution is 6.07. The maximum absolute atomic E-state index is 13.8. The van der Waals surface area contributed by atoms with Crippen molar-refractivity contribution >= 4 is 23.4 Å². The average molecular weight is 481 g/mol. The minimum absolute atomic E-state index is 0.00864. The minimum atomic E-state index is -1.16. The van der Waals surface area contributed by atoms with Crippen LogP contribution < -0.4 is 5.32 Å². The predicted molar refractivity (Wildman–Crippen MR) is 124 cm³/mol. The van der Waals surface area contributed by atoms with Gasteiger partial charge in [0.25, 0.3) is 5.91 Å². The number of anilines is 1. The van der Waals surface area contributed by atoms with Crippen LogP contribution in [-0.2, 0) is 15.0 Å². The van der Waals surface area contributed by atoms with Gasteiger partial charge in [0, 0.05) is 31.3 Å². The van der Waals surface area contributed by atoms with E-state index < -0.39 is 40.9 Å². The van der Waals surface area contributed by atoms with Crippen LogP contribution in [0.15, 0.2) is 42.5 Å². The number of rotatable bonds is 5. The van der Waals surface area contributed by atoms with Crippen molar-refractivity contribution in [1.29, 1.82) is 5.26 Å². The van der Waals surface area contributed by atoms with E-state index >= 15 is 0 Å². The molecular formula is C26H26F2N4O3. The zero-order valence-electron chi connectivity index (χ0n) is 19.7. The van der Waals surface area contributed by atoms with Gasteiger partial charge in [0.15, 0.2) is 11.6 Å². The SMILES string of the molecule is CC(C)CC(C(=O)N1C[C@]2(C[C@H]1C#N)C(=O)Nc1ccccc12)N(C)C(=O)c1ccc(F)c(F)c1. The minimum Gasteiger partial charge on any atom is -0.330 e. The number of nitrogens with one attached hydrogen (secondary N) is 1. The second-order valence-corrected chi connectivity index (χ2v) is 9.59.